The molecule has 0 aromatic heterocycles. The molecule has 0 radical (unpaired) electrons. The van der Waals surface area contributed by atoms with Crippen molar-refractivity contribution in [3.8, 4) is 5.75 Å². The van der Waals surface area contributed by atoms with Gasteiger partial charge < -0.3 is 15.4 Å². The molecule has 0 spiro atoms. The molecule has 0 aliphatic heterocycles. The molecule has 24 heavy (non-hydrogen) atoms. The molecule has 128 valence electrons. The summed E-state index contributed by atoms with van der Waals surface area (Å²) in [6, 6.07) is 15.1. The Kier molecular flexibility index (Phi) is 7.59. The zero-order valence-corrected chi connectivity index (χ0v) is 14.6. The Bertz CT molecular complexity index is 661. The summed E-state index contributed by atoms with van der Waals surface area (Å²) < 4.78 is 5.72. The number of nitrogens with one attached hydrogen (secondary N) is 2. The van der Waals surface area contributed by atoms with E-state index in [0.29, 0.717) is 29.6 Å². The number of hydrogen-bond acceptors (Lipinski definition) is 3. The third-order valence-electron chi connectivity index (χ3n) is 3.48. The van der Waals surface area contributed by atoms with Crippen molar-refractivity contribution >= 4 is 23.2 Å². The molecule has 0 bridgehead atoms. The van der Waals surface area contributed by atoms with E-state index < -0.39 is 0 Å². The highest BCUT2D eigenvalue weighted by atomic mass is 35.5. The zero-order chi connectivity index (χ0) is 17.2. The van der Waals surface area contributed by atoms with E-state index in [9.17, 15) is 4.79 Å². The summed E-state index contributed by atoms with van der Waals surface area (Å²) in [4.78, 5) is 12.1. The van der Waals surface area contributed by atoms with Crippen LogP contribution in [-0.2, 0) is 11.3 Å². The minimum Gasteiger partial charge on any atom is -0.491 e. The Morgan fingerprint density at radius 1 is 1.12 bits per heavy atom. The number of carbonyl (C=O) groups is 1. The van der Waals surface area contributed by atoms with Gasteiger partial charge in [0.2, 0.25) is 5.91 Å². The molecular formula is C19H23ClN2O2. The van der Waals surface area contributed by atoms with Crippen molar-refractivity contribution in [3.63, 3.8) is 0 Å². The lowest BCUT2D eigenvalue weighted by Crippen LogP contribution is -2.28. The lowest BCUT2D eigenvalue weighted by Gasteiger charge is -2.12. The van der Waals surface area contributed by atoms with Gasteiger partial charge in [-0.15, -0.1) is 0 Å². The number of unbranched alkanes of at least 4 members (excludes halogenated alkanes) is 1. The summed E-state index contributed by atoms with van der Waals surface area (Å²) >= 11 is 6.09. The molecule has 0 heterocycles. The Hall–Kier alpha value is -2.04. The van der Waals surface area contributed by atoms with Crippen molar-refractivity contribution in [1.82, 2.24) is 5.32 Å². The largest absolute Gasteiger partial charge is 0.491 e. The fourth-order valence-electron chi connectivity index (χ4n) is 2.17. The van der Waals surface area contributed by atoms with Gasteiger partial charge in [0.05, 0.1) is 18.8 Å². The van der Waals surface area contributed by atoms with Crippen LogP contribution in [0.25, 0.3) is 0 Å². The van der Waals surface area contributed by atoms with Gasteiger partial charge in [0.25, 0.3) is 0 Å². The van der Waals surface area contributed by atoms with E-state index in [2.05, 4.69) is 17.6 Å². The summed E-state index contributed by atoms with van der Waals surface area (Å²) in [5.74, 6) is 0.582. The van der Waals surface area contributed by atoms with Crippen molar-refractivity contribution in [2.75, 3.05) is 18.5 Å². The lowest BCUT2D eigenvalue weighted by molar-refractivity contribution is -0.115. The second kappa shape index (κ2) is 9.96. The first-order valence-corrected chi connectivity index (χ1v) is 8.54. The van der Waals surface area contributed by atoms with Gasteiger partial charge >= 0.3 is 0 Å². The van der Waals surface area contributed by atoms with Crippen LogP contribution in [-0.4, -0.2) is 19.1 Å². The predicted molar refractivity (Wildman–Crippen MR) is 98.6 cm³/mol. The first-order valence-electron chi connectivity index (χ1n) is 8.16. The van der Waals surface area contributed by atoms with Crippen molar-refractivity contribution in [1.29, 1.82) is 0 Å². The number of anilines is 1. The number of benzene rings is 2. The molecule has 5 heteroatoms. The van der Waals surface area contributed by atoms with Crippen LogP contribution in [0.4, 0.5) is 5.69 Å². The first kappa shape index (κ1) is 18.3. The van der Waals surface area contributed by atoms with E-state index in [4.69, 9.17) is 16.3 Å². The van der Waals surface area contributed by atoms with Crippen LogP contribution in [0.15, 0.2) is 48.5 Å². The minimum absolute atomic E-state index is 0.117. The van der Waals surface area contributed by atoms with Crippen LogP contribution in [0.2, 0.25) is 5.02 Å². The average molecular weight is 347 g/mol. The summed E-state index contributed by atoms with van der Waals surface area (Å²) in [5, 5.41) is 6.67. The van der Waals surface area contributed by atoms with Gasteiger partial charge in [-0.3, -0.25) is 4.79 Å². The third-order valence-corrected chi connectivity index (χ3v) is 3.84. The third kappa shape index (κ3) is 5.87. The van der Waals surface area contributed by atoms with Gasteiger partial charge in [-0.1, -0.05) is 55.3 Å². The predicted octanol–water partition coefficient (Wildman–Crippen LogP) is 4.25. The highest BCUT2D eigenvalue weighted by molar-refractivity contribution is 6.31. The lowest BCUT2D eigenvalue weighted by atomic mass is 10.2. The molecule has 2 rings (SSSR count). The van der Waals surface area contributed by atoms with E-state index in [0.717, 1.165) is 18.4 Å². The fourth-order valence-corrected chi connectivity index (χ4v) is 2.37. The standard InChI is InChI=1S/C19H23ClN2O2/c1-2-3-12-24-18-11-7-6-10-17(18)22-19(23)14-21-13-15-8-4-5-9-16(15)20/h4-11,21H,2-3,12-14H2,1H3,(H,22,23). The van der Waals surface area contributed by atoms with Crippen molar-refractivity contribution in [2.45, 2.75) is 26.3 Å². The number of para-hydroxylation sites is 2. The number of rotatable bonds is 9. The topological polar surface area (TPSA) is 50.4 Å². The molecule has 0 aliphatic carbocycles. The molecule has 0 fully saturated rings. The summed E-state index contributed by atoms with van der Waals surface area (Å²) in [7, 11) is 0. The van der Waals surface area contributed by atoms with Gasteiger partial charge in [0, 0.05) is 11.6 Å². The number of amides is 1. The van der Waals surface area contributed by atoms with Crippen LogP contribution in [0.1, 0.15) is 25.3 Å². The second-order valence-electron chi connectivity index (χ2n) is 5.44. The summed E-state index contributed by atoms with van der Waals surface area (Å²) in [6.07, 6.45) is 2.06. The highest BCUT2D eigenvalue weighted by Crippen LogP contribution is 2.23. The van der Waals surface area contributed by atoms with Gasteiger partial charge in [-0.2, -0.15) is 0 Å². The zero-order valence-electron chi connectivity index (χ0n) is 13.8. The normalized spacial score (nSPS) is 10.4. The molecule has 0 saturated carbocycles. The average Bonchev–Trinajstić information content (AvgIpc) is 2.58. The molecule has 0 unspecified atom stereocenters. The van der Waals surface area contributed by atoms with Gasteiger partial charge in [0.15, 0.2) is 0 Å². The molecule has 0 atom stereocenters. The van der Waals surface area contributed by atoms with Crippen molar-refractivity contribution < 1.29 is 9.53 Å². The minimum atomic E-state index is -0.117. The molecule has 0 saturated heterocycles. The summed E-state index contributed by atoms with van der Waals surface area (Å²) in [6.45, 7) is 3.51. The van der Waals surface area contributed by atoms with Crippen LogP contribution >= 0.6 is 11.6 Å². The molecule has 4 nitrogen and oxygen atoms in total. The Labute approximate surface area is 148 Å². The number of carbonyl (C=O) groups excluding carboxylic acids is 1. The smallest absolute Gasteiger partial charge is 0.238 e. The molecular weight excluding hydrogens is 324 g/mol. The molecule has 0 aliphatic rings. The maximum absolute atomic E-state index is 12.1. The second-order valence-corrected chi connectivity index (χ2v) is 5.85. The van der Waals surface area contributed by atoms with E-state index in [1.54, 1.807) is 0 Å². The van der Waals surface area contributed by atoms with Crippen LogP contribution < -0.4 is 15.4 Å². The molecule has 2 N–H and O–H groups in total. The van der Waals surface area contributed by atoms with E-state index in [1.165, 1.54) is 0 Å². The van der Waals surface area contributed by atoms with E-state index >= 15 is 0 Å². The van der Waals surface area contributed by atoms with Crippen molar-refractivity contribution in [2.24, 2.45) is 0 Å². The quantitative estimate of drug-likeness (QED) is 0.667. The molecule has 2 aromatic carbocycles. The number of hydrogen-bond donors (Lipinski definition) is 2. The first-order chi connectivity index (χ1) is 11.7. The van der Waals surface area contributed by atoms with Gasteiger partial charge in [0.1, 0.15) is 5.75 Å². The van der Waals surface area contributed by atoms with E-state index in [1.807, 2.05) is 48.5 Å². The maximum Gasteiger partial charge on any atom is 0.238 e. The monoisotopic (exact) mass is 346 g/mol. The highest BCUT2D eigenvalue weighted by Gasteiger charge is 2.07. The molecule has 2 aromatic rings. The van der Waals surface area contributed by atoms with Crippen LogP contribution in [0.5, 0.6) is 5.75 Å². The fraction of sp³-hybridized carbons (Fsp3) is 0.316. The van der Waals surface area contributed by atoms with E-state index in [-0.39, 0.29) is 12.5 Å². The van der Waals surface area contributed by atoms with Crippen LogP contribution in [0.3, 0.4) is 0 Å². The van der Waals surface area contributed by atoms with Crippen molar-refractivity contribution in [3.05, 3.63) is 59.1 Å². The number of ether oxygens (including phenoxy) is 1. The Morgan fingerprint density at radius 3 is 2.67 bits per heavy atom. The Balaban J connectivity index is 1.83. The summed E-state index contributed by atoms with van der Waals surface area (Å²) in [5.41, 5.74) is 1.66. The molecule has 1 amide bonds. The maximum atomic E-state index is 12.1. The van der Waals surface area contributed by atoms with Gasteiger partial charge in [-0.05, 0) is 30.2 Å². The number of halogens is 1. The van der Waals surface area contributed by atoms with Crippen LogP contribution in [0, 0.1) is 0 Å². The Morgan fingerprint density at radius 2 is 1.88 bits per heavy atom. The SMILES string of the molecule is CCCCOc1ccccc1NC(=O)CNCc1ccccc1Cl. The van der Waals surface area contributed by atoms with Gasteiger partial charge in [-0.25, -0.2) is 0 Å².